The van der Waals surface area contributed by atoms with Crippen LogP contribution in [0.4, 0.5) is 4.79 Å². The minimum Gasteiger partial charge on any atom is -0.494 e. The topological polar surface area (TPSA) is 63.5 Å². The van der Waals surface area contributed by atoms with Crippen LogP contribution in [0, 0.1) is 0 Å². The van der Waals surface area contributed by atoms with Gasteiger partial charge >= 0.3 is 6.09 Å². The van der Waals surface area contributed by atoms with Crippen molar-refractivity contribution in [3.63, 3.8) is 0 Å². The predicted molar refractivity (Wildman–Crippen MR) is 85.8 cm³/mol. The van der Waals surface area contributed by atoms with E-state index in [-0.39, 0.29) is 6.04 Å². The number of hydrogen-bond acceptors (Lipinski definition) is 2. The lowest BCUT2D eigenvalue weighted by Crippen LogP contribution is -2.32. The van der Waals surface area contributed by atoms with Crippen molar-refractivity contribution in [1.29, 1.82) is 0 Å². The fourth-order valence-corrected chi connectivity index (χ4v) is 3.45. The lowest BCUT2D eigenvalue weighted by atomic mass is 10.0. The average molecular weight is 302 g/mol. The normalized spacial score (nSPS) is 14.8. The Morgan fingerprint density at radius 2 is 2.32 bits per heavy atom. The Labute approximate surface area is 129 Å². The van der Waals surface area contributed by atoms with Gasteiger partial charge in [-0.05, 0) is 56.9 Å². The summed E-state index contributed by atoms with van der Waals surface area (Å²) in [6.07, 6.45) is 1.96. The second-order valence-electron chi connectivity index (χ2n) is 5.85. The van der Waals surface area contributed by atoms with Crippen LogP contribution in [0.5, 0.6) is 5.75 Å². The Morgan fingerprint density at radius 1 is 1.50 bits per heavy atom. The molecule has 5 heteroatoms. The molecule has 0 fully saturated rings. The first-order valence-electron chi connectivity index (χ1n) is 7.86. The Kier molecular flexibility index (Phi) is 3.96. The summed E-state index contributed by atoms with van der Waals surface area (Å²) in [4.78, 5) is 10.8. The number of aryl methyl sites for hydroxylation is 1. The molecule has 5 nitrogen and oxygen atoms in total. The Hall–Kier alpha value is -2.17. The number of aromatic nitrogens is 1. The molecule has 3 rings (SSSR count). The molecule has 0 radical (unpaired) electrons. The van der Waals surface area contributed by atoms with Gasteiger partial charge in [0.2, 0.25) is 0 Å². The SMILES string of the molecule is CCOc1ccc2c(c1)c(CC(C)NC(=O)O)c1n2CCC1. The highest BCUT2D eigenvalue weighted by molar-refractivity contribution is 5.87. The van der Waals surface area contributed by atoms with E-state index >= 15 is 0 Å². The molecule has 0 saturated carbocycles. The number of nitrogens with zero attached hydrogens (tertiary/aromatic N) is 1. The summed E-state index contributed by atoms with van der Waals surface area (Å²) in [6, 6.07) is 6.12. The maximum atomic E-state index is 10.8. The summed E-state index contributed by atoms with van der Waals surface area (Å²) in [7, 11) is 0. The van der Waals surface area contributed by atoms with Gasteiger partial charge < -0.3 is 19.7 Å². The molecule has 0 bridgehead atoms. The van der Waals surface area contributed by atoms with Gasteiger partial charge in [0.05, 0.1) is 6.61 Å². The first-order chi connectivity index (χ1) is 10.6. The summed E-state index contributed by atoms with van der Waals surface area (Å²) in [5, 5.41) is 12.6. The van der Waals surface area contributed by atoms with Gasteiger partial charge in [-0.1, -0.05) is 0 Å². The molecule has 0 aliphatic carbocycles. The monoisotopic (exact) mass is 302 g/mol. The highest BCUT2D eigenvalue weighted by Gasteiger charge is 2.23. The molecule has 118 valence electrons. The number of nitrogens with one attached hydrogen (secondary N) is 1. The number of carboxylic acid groups (broad SMARTS) is 1. The van der Waals surface area contributed by atoms with Crippen LogP contribution in [0.3, 0.4) is 0 Å². The maximum absolute atomic E-state index is 10.8. The molecular formula is C17H22N2O3. The molecule has 1 atom stereocenters. The Balaban J connectivity index is 2.02. The van der Waals surface area contributed by atoms with Crippen LogP contribution >= 0.6 is 0 Å². The number of carbonyl (C=O) groups is 1. The quantitative estimate of drug-likeness (QED) is 0.891. The van der Waals surface area contributed by atoms with Gasteiger partial charge in [0, 0.05) is 29.2 Å². The largest absolute Gasteiger partial charge is 0.494 e. The molecule has 0 saturated heterocycles. The summed E-state index contributed by atoms with van der Waals surface area (Å²) in [5.41, 5.74) is 3.84. The summed E-state index contributed by atoms with van der Waals surface area (Å²) >= 11 is 0. The minimum absolute atomic E-state index is 0.107. The summed E-state index contributed by atoms with van der Waals surface area (Å²) < 4.78 is 7.99. The van der Waals surface area contributed by atoms with Crippen molar-refractivity contribution in [1.82, 2.24) is 9.88 Å². The smallest absolute Gasteiger partial charge is 0.404 e. The van der Waals surface area contributed by atoms with E-state index < -0.39 is 6.09 Å². The minimum atomic E-state index is -0.970. The van der Waals surface area contributed by atoms with E-state index in [1.54, 1.807) is 0 Å². The van der Waals surface area contributed by atoms with Gasteiger partial charge in [0.1, 0.15) is 5.75 Å². The molecule has 2 heterocycles. The molecule has 1 unspecified atom stereocenters. The number of ether oxygens (including phenoxy) is 1. The fourth-order valence-electron chi connectivity index (χ4n) is 3.45. The third kappa shape index (κ3) is 2.63. The van der Waals surface area contributed by atoms with Gasteiger partial charge in [-0.15, -0.1) is 0 Å². The molecule has 1 aliphatic rings. The van der Waals surface area contributed by atoms with E-state index in [2.05, 4.69) is 22.0 Å². The van der Waals surface area contributed by atoms with Crippen LogP contribution in [0.15, 0.2) is 18.2 Å². The molecule has 1 aromatic carbocycles. The van der Waals surface area contributed by atoms with Crippen LogP contribution in [-0.4, -0.2) is 28.4 Å². The third-order valence-corrected chi connectivity index (χ3v) is 4.24. The van der Waals surface area contributed by atoms with Crippen molar-refractivity contribution in [2.24, 2.45) is 0 Å². The predicted octanol–water partition coefficient (Wildman–Crippen LogP) is 3.18. The second-order valence-corrected chi connectivity index (χ2v) is 5.85. The van der Waals surface area contributed by atoms with E-state index in [4.69, 9.17) is 9.84 Å². The fraction of sp³-hybridized carbons (Fsp3) is 0.471. The molecule has 1 amide bonds. The molecule has 22 heavy (non-hydrogen) atoms. The molecule has 2 aromatic rings. The van der Waals surface area contributed by atoms with Crippen molar-refractivity contribution < 1.29 is 14.6 Å². The van der Waals surface area contributed by atoms with Crippen molar-refractivity contribution in [2.75, 3.05) is 6.61 Å². The zero-order valence-corrected chi connectivity index (χ0v) is 13.1. The van der Waals surface area contributed by atoms with Crippen molar-refractivity contribution in [2.45, 2.75) is 45.7 Å². The zero-order chi connectivity index (χ0) is 15.7. The Morgan fingerprint density at radius 3 is 3.05 bits per heavy atom. The van der Waals surface area contributed by atoms with E-state index in [1.165, 1.54) is 22.2 Å². The summed E-state index contributed by atoms with van der Waals surface area (Å²) in [5.74, 6) is 0.874. The molecule has 1 aliphatic heterocycles. The second kappa shape index (κ2) is 5.91. The van der Waals surface area contributed by atoms with Gasteiger partial charge in [0.15, 0.2) is 0 Å². The van der Waals surface area contributed by atoms with E-state index in [0.717, 1.165) is 25.1 Å². The summed E-state index contributed by atoms with van der Waals surface area (Å²) in [6.45, 7) is 5.57. The van der Waals surface area contributed by atoms with Crippen LogP contribution in [0.25, 0.3) is 10.9 Å². The lowest BCUT2D eigenvalue weighted by Gasteiger charge is -2.12. The highest BCUT2D eigenvalue weighted by atomic mass is 16.5. The maximum Gasteiger partial charge on any atom is 0.404 e. The number of rotatable bonds is 5. The van der Waals surface area contributed by atoms with Crippen LogP contribution in [-0.2, 0) is 19.4 Å². The van der Waals surface area contributed by atoms with Crippen LogP contribution in [0.1, 0.15) is 31.5 Å². The van der Waals surface area contributed by atoms with Gasteiger partial charge in [0.25, 0.3) is 0 Å². The van der Waals surface area contributed by atoms with Gasteiger partial charge in [-0.25, -0.2) is 4.79 Å². The first kappa shape index (κ1) is 14.8. The van der Waals surface area contributed by atoms with Crippen molar-refractivity contribution in [3.8, 4) is 5.75 Å². The standard InChI is InChI=1S/C17H22N2O3/c1-3-22-12-6-7-16-14(10-12)13(9-11(2)18-17(20)21)15-5-4-8-19(15)16/h6-7,10-11,18H,3-5,8-9H2,1-2H3,(H,20,21). The zero-order valence-electron chi connectivity index (χ0n) is 13.1. The van der Waals surface area contributed by atoms with Gasteiger partial charge in [-0.2, -0.15) is 0 Å². The van der Waals surface area contributed by atoms with Crippen molar-refractivity contribution in [3.05, 3.63) is 29.5 Å². The van der Waals surface area contributed by atoms with Crippen LogP contribution in [0.2, 0.25) is 0 Å². The third-order valence-electron chi connectivity index (χ3n) is 4.24. The van der Waals surface area contributed by atoms with Crippen LogP contribution < -0.4 is 10.1 Å². The highest BCUT2D eigenvalue weighted by Crippen LogP contribution is 2.34. The molecule has 1 aromatic heterocycles. The Bertz CT molecular complexity index is 705. The number of hydrogen-bond donors (Lipinski definition) is 2. The number of fused-ring (bicyclic) bond motifs is 3. The van der Waals surface area contributed by atoms with E-state index in [1.807, 2.05) is 19.9 Å². The first-order valence-corrected chi connectivity index (χ1v) is 7.86. The molecule has 2 N–H and O–H groups in total. The van der Waals surface area contributed by atoms with Gasteiger partial charge in [-0.3, -0.25) is 0 Å². The number of amides is 1. The van der Waals surface area contributed by atoms with Crippen molar-refractivity contribution >= 4 is 17.0 Å². The number of benzene rings is 1. The lowest BCUT2D eigenvalue weighted by molar-refractivity contribution is 0.190. The van der Waals surface area contributed by atoms with E-state index in [0.29, 0.717) is 13.0 Å². The molecular weight excluding hydrogens is 280 g/mol. The van der Waals surface area contributed by atoms with E-state index in [9.17, 15) is 4.79 Å². The molecule has 0 spiro atoms. The average Bonchev–Trinajstić information content (AvgIpc) is 3.02.